The van der Waals surface area contributed by atoms with E-state index in [1.165, 1.54) is 19.2 Å². The first kappa shape index (κ1) is 29.0. The Bertz CT molecular complexity index is 1550. The van der Waals surface area contributed by atoms with Crippen LogP contribution in [0.25, 0.3) is 5.57 Å². The lowest BCUT2D eigenvalue weighted by Crippen LogP contribution is -2.13. The number of hydrogen-bond donors (Lipinski definition) is 0. The Balaban J connectivity index is 1.52. The molecule has 4 aromatic rings. The van der Waals surface area contributed by atoms with E-state index in [0.717, 1.165) is 28.8 Å². The number of carbonyl (C=O) groups excluding carboxylic acids is 1. The van der Waals surface area contributed by atoms with E-state index in [0.29, 0.717) is 29.2 Å². The van der Waals surface area contributed by atoms with E-state index in [-0.39, 0.29) is 13.2 Å². The molecule has 0 atom stereocenters. The third kappa shape index (κ3) is 8.26. The van der Waals surface area contributed by atoms with Gasteiger partial charge in [-0.25, -0.2) is 4.79 Å². The van der Waals surface area contributed by atoms with E-state index in [2.05, 4.69) is 21.7 Å². The minimum atomic E-state index is -4.42. The van der Waals surface area contributed by atoms with Crippen LogP contribution in [0.1, 0.15) is 27.8 Å². The molecule has 0 spiro atoms. The maximum atomic E-state index is 13.2. The van der Waals surface area contributed by atoms with Crippen molar-refractivity contribution in [3.05, 3.63) is 119 Å². The molecule has 0 saturated heterocycles. The average molecular weight is 561 g/mol. The van der Waals surface area contributed by atoms with Gasteiger partial charge in [0, 0.05) is 18.0 Å². The summed E-state index contributed by atoms with van der Waals surface area (Å²) in [4.78, 5) is 11.3. The van der Waals surface area contributed by atoms with Crippen LogP contribution >= 0.6 is 0 Å². The van der Waals surface area contributed by atoms with Gasteiger partial charge in [0.25, 0.3) is 0 Å². The second-order valence-corrected chi connectivity index (χ2v) is 8.88. The predicted molar refractivity (Wildman–Crippen MR) is 148 cm³/mol. The van der Waals surface area contributed by atoms with Crippen LogP contribution in [0.15, 0.2) is 91.3 Å². The normalized spacial score (nSPS) is 11.4. The molecule has 3 aromatic carbocycles. The lowest BCUT2D eigenvalue weighted by atomic mass is 9.96. The highest BCUT2D eigenvalue weighted by Gasteiger charge is 2.30. The van der Waals surface area contributed by atoms with Gasteiger partial charge < -0.3 is 14.2 Å². The van der Waals surface area contributed by atoms with E-state index in [1.54, 1.807) is 29.1 Å². The van der Waals surface area contributed by atoms with E-state index < -0.39 is 17.7 Å². The fraction of sp³-hybridized carbons (Fsp3) is 0.188. The van der Waals surface area contributed by atoms with Crippen LogP contribution in [0.5, 0.6) is 11.5 Å². The smallest absolute Gasteiger partial charge is 0.416 e. The van der Waals surface area contributed by atoms with Gasteiger partial charge in [-0.3, -0.25) is 4.68 Å². The Hall–Kier alpha value is -4.97. The summed E-state index contributed by atoms with van der Waals surface area (Å²) in [5.41, 5.74) is 2.97. The number of hydrogen-bond acceptors (Lipinski definition) is 5. The third-order valence-electron chi connectivity index (χ3n) is 6.01. The number of benzene rings is 3. The first-order chi connectivity index (χ1) is 19.7. The molecule has 9 heteroatoms. The quantitative estimate of drug-likeness (QED) is 0.177. The fourth-order valence-electron chi connectivity index (χ4n) is 3.88. The molecule has 0 unspecified atom stereocenters. The lowest BCUT2D eigenvalue weighted by molar-refractivity contribution is -0.143. The summed E-state index contributed by atoms with van der Waals surface area (Å²) < 4.78 is 57.1. The van der Waals surface area contributed by atoms with E-state index >= 15 is 0 Å². The van der Waals surface area contributed by atoms with Crippen LogP contribution in [0.4, 0.5) is 13.2 Å². The Morgan fingerprint density at radius 1 is 1.00 bits per heavy atom. The molecule has 6 nitrogen and oxygen atoms in total. The fourth-order valence-corrected chi connectivity index (χ4v) is 3.88. The number of rotatable bonds is 9. The zero-order chi connectivity index (χ0) is 29.2. The first-order valence-electron chi connectivity index (χ1n) is 12.6. The predicted octanol–water partition coefficient (Wildman–Crippen LogP) is 6.32. The number of carbonyl (C=O) groups is 1. The summed E-state index contributed by atoms with van der Waals surface area (Å²) in [6.07, 6.45) is 0.911. The molecule has 0 amide bonds. The summed E-state index contributed by atoms with van der Waals surface area (Å²) in [6.45, 7) is 2.23. The average Bonchev–Trinajstić information content (AvgIpc) is 3.48. The van der Waals surface area contributed by atoms with E-state index in [9.17, 15) is 18.0 Å². The first-order valence-corrected chi connectivity index (χ1v) is 12.6. The molecule has 210 valence electrons. The molecule has 1 heterocycles. The summed E-state index contributed by atoms with van der Waals surface area (Å²) in [5.74, 6) is 6.76. The Morgan fingerprint density at radius 3 is 2.32 bits per heavy atom. The summed E-state index contributed by atoms with van der Waals surface area (Å²) in [5, 5.41) is 4.12. The number of aryl methyl sites for hydroxylation is 1. The maximum Gasteiger partial charge on any atom is 0.416 e. The Morgan fingerprint density at radius 2 is 1.71 bits per heavy atom. The van der Waals surface area contributed by atoms with Crippen molar-refractivity contribution >= 4 is 11.5 Å². The van der Waals surface area contributed by atoms with Gasteiger partial charge in [-0.2, -0.15) is 18.3 Å². The van der Waals surface area contributed by atoms with Crippen LogP contribution in [0, 0.1) is 18.8 Å². The molecule has 0 bridgehead atoms. The Labute approximate surface area is 236 Å². The van der Waals surface area contributed by atoms with Gasteiger partial charge in [0.15, 0.2) is 6.61 Å². The number of aromatic nitrogens is 2. The highest BCUT2D eigenvalue weighted by atomic mass is 19.4. The zero-order valence-corrected chi connectivity index (χ0v) is 22.4. The van der Waals surface area contributed by atoms with Crippen molar-refractivity contribution in [3.63, 3.8) is 0 Å². The highest BCUT2D eigenvalue weighted by molar-refractivity contribution is 5.80. The molecule has 0 aliphatic rings. The molecule has 0 aliphatic heterocycles. The second-order valence-electron chi connectivity index (χ2n) is 8.88. The summed E-state index contributed by atoms with van der Waals surface area (Å²) in [7, 11) is 1.29. The number of ether oxygens (including phenoxy) is 3. The number of alkyl halides is 3. The molecular weight excluding hydrogens is 533 g/mol. The molecule has 4 rings (SSSR count). The third-order valence-corrected chi connectivity index (χ3v) is 6.01. The van der Waals surface area contributed by atoms with Gasteiger partial charge >= 0.3 is 12.1 Å². The lowest BCUT2D eigenvalue weighted by Gasteiger charge is -2.13. The van der Waals surface area contributed by atoms with E-state index in [1.807, 2.05) is 49.5 Å². The van der Waals surface area contributed by atoms with Crippen LogP contribution in [-0.2, 0) is 22.3 Å². The summed E-state index contributed by atoms with van der Waals surface area (Å²) in [6, 6.07) is 19.5. The Kier molecular flexibility index (Phi) is 9.48. The van der Waals surface area contributed by atoms with Crippen molar-refractivity contribution in [1.29, 1.82) is 0 Å². The molecular formula is C32H27F3N2O4. The maximum absolute atomic E-state index is 13.2. The largest absolute Gasteiger partial charge is 0.489 e. The zero-order valence-electron chi connectivity index (χ0n) is 22.4. The summed E-state index contributed by atoms with van der Waals surface area (Å²) >= 11 is 0. The minimum Gasteiger partial charge on any atom is -0.489 e. The van der Waals surface area contributed by atoms with Gasteiger partial charge in [0.1, 0.15) is 24.7 Å². The van der Waals surface area contributed by atoms with E-state index in [4.69, 9.17) is 9.47 Å². The van der Waals surface area contributed by atoms with Crippen LogP contribution in [0.3, 0.4) is 0 Å². The van der Waals surface area contributed by atoms with Crippen molar-refractivity contribution in [2.24, 2.45) is 0 Å². The van der Waals surface area contributed by atoms with Gasteiger partial charge in [-0.05, 0) is 83.8 Å². The second kappa shape index (κ2) is 13.4. The van der Waals surface area contributed by atoms with Crippen molar-refractivity contribution < 1.29 is 32.2 Å². The van der Waals surface area contributed by atoms with Gasteiger partial charge in [0.2, 0.25) is 0 Å². The van der Waals surface area contributed by atoms with Crippen molar-refractivity contribution in [3.8, 4) is 23.3 Å². The molecule has 41 heavy (non-hydrogen) atoms. The van der Waals surface area contributed by atoms with Crippen molar-refractivity contribution in [2.75, 3.05) is 20.3 Å². The van der Waals surface area contributed by atoms with Gasteiger partial charge in [-0.1, -0.05) is 36.1 Å². The SMILES string of the molecule is COC(=O)COc1ccc(OCC=C(c2ccc(C#CCn3cccn3)cc2)c2ccc(C(F)(F)F)cc2)cc1C. The number of nitrogens with zero attached hydrogens (tertiary/aromatic N) is 2. The number of halogens is 3. The minimum absolute atomic E-state index is 0.156. The molecule has 1 aromatic heterocycles. The monoisotopic (exact) mass is 560 g/mol. The number of methoxy groups -OCH3 is 1. The van der Waals surface area contributed by atoms with Crippen LogP contribution in [0.2, 0.25) is 0 Å². The molecule has 0 saturated carbocycles. The number of esters is 1. The highest BCUT2D eigenvalue weighted by Crippen LogP contribution is 2.32. The van der Waals surface area contributed by atoms with Gasteiger partial charge in [0.05, 0.1) is 12.7 Å². The molecule has 0 fully saturated rings. The van der Waals surface area contributed by atoms with Crippen molar-refractivity contribution in [1.82, 2.24) is 9.78 Å². The molecule has 0 N–H and O–H groups in total. The topological polar surface area (TPSA) is 62.6 Å². The van der Waals surface area contributed by atoms with Crippen LogP contribution < -0.4 is 9.47 Å². The van der Waals surface area contributed by atoms with Crippen molar-refractivity contribution in [2.45, 2.75) is 19.6 Å². The molecule has 0 radical (unpaired) electrons. The molecule has 0 aliphatic carbocycles. The standard InChI is InChI=1S/C32H27F3N2O4/c1-23-21-28(14-15-30(23)41-22-31(38)39-2)40-20-16-29(26-10-12-27(13-11-26)32(33,34)35)25-8-6-24(7-9-25)5-3-18-37-19-4-17-36-37/h4,6-17,19,21H,18,20,22H2,1-2H3. The van der Waals surface area contributed by atoms with Gasteiger partial charge in [-0.15, -0.1) is 0 Å². The van der Waals surface area contributed by atoms with Crippen LogP contribution in [-0.4, -0.2) is 36.1 Å².